The van der Waals surface area contributed by atoms with Gasteiger partial charge in [0.1, 0.15) is 0 Å². The van der Waals surface area contributed by atoms with Crippen molar-refractivity contribution in [3.05, 3.63) is 199 Å². The van der Waals surface area contributed by atoms with E-state index in [1.165, 1.54) is 127 Å². The molecule has 310 valence electrons. The summed E-state index contributed by atoms with van der Waals surface area (Å²) in [6.07, 6.45) is 0. The Bertz CT molecular complexity index is 3750. The lowest BCUT2D eigenvalue weighted by Crippen LogP contribution is -2.60. The molecule has 0 fully saturated rings. The fourth-order valence-electron chi connectivity index (χ4n) is 11.4. The molecular formula is C62H49BN2. The first kappa shape index (κ1) is 38.1. The second kappa shape index (κ2) is 13.6. The summed E-state index contributed by atoms with van der Waals surface area (Å²) >= 11 is 0. The van der Waals surface area contributed by atoms with Crippen LogP contribution in [0, 0.1) is 0 Å². The Kier molecular flexibility index (Phi) is 7.97. The van der Waals surface area contributed by atoms with Crippen LogP contribution in [0.25, 0.3) is 99.5 Å². The van der Waals surface area contributed by atoms with Crippen LogP contribution < -0.4 is 16.4 Å². The summed E-state index contributed by atoms with van der Waals surface area (Å²) in [5, 5.41) is 6.54. The van der Waals surface area contributed by atoms with E-state index < -0.39 is 0 Å². The molecule has 0 unspecified atom stereocenters. The van der Waals surface area contributed by atoms with E-state index in [1.807, 2.05) is 0 Å². The summed E-state index contributed by atoms with van der Waals surface area (Å²) < 4.78 is 5.32. The van der Waals surface area contributed by atoms with Gasteiger partial charge >= 0.3 is 0 Å². The molecule has 13 rings (SSSR count). The van der Waals surface area contributed by atoms with Crippen LogP contribution in [0.3, 0.4) is 0 Å². The van der Waals surface area contributed by atoms with E-state index in [1.54, 1.807) is 0 Å². The van der Waals surface area contributed by atoms with Crippen molar-refractivity contribution >= 4 is 66.6 Å². The fourth-order valence-corrected chi connectivity index (χ4v) is 11.4. The first-order valence-electron chi connectivity index (χ1n) is 23.2. The molecular weight excluding hydrogens is 784 g/mol. The minimum absolute atomic E-state index is 0.00522. The van der Waals surface area contributed by atoms with Gasteiger partial charge in [-0.3, -0.25) is 0 Å². The van der Waals surface area contributed by atoms with Crippen molar-refractivity contribution in [1.29, 1.82) is 0 Å². The predicted molar refractivity (Wildman–Crippen MR) is 279 cm³/mol. The number of fused-ring (bicyclic) bond motifs is 9. The van der Waals surface area contributed by atoms with Gasteiger partial charge in [0.25, 0.3) is 6.71 Å². The van der Waals surface area contributed by atoms with Crippen LogP contribution in [0.4, 0.5) is 0 Å². The monoisotopic (exact) mass is 832 g/mol. The second-order valence-electron chi connectivity index (χ2n) is 20.5. The summed E-state index contributed by atoms with van der Waals surface area (Å²) in [5.74, 6) is 0. The number of hydrogen-bond donors (Lipinski definition) is 0. The summed E-state index contributed by atoms with van der Waals surface area (Å²) in [7, 11) is 0. The summed E-state index contributed by atoms with van der Waals surface area (Å²) in [5.41, 5.74) is 23.0. The number of rotatable bonds is 4. The quantitative estimate of drug-likeness (QED) is 0.156. The standard InChI is InChI=1S/C62H49BN2/c1-61(2,3)45-30-31-52-48(35-45)49-36-46(62(4,5)6)37-51-59(49)64(52)53-33-44(40-28-26-39(27-29-40)38-18-10-7-11-19-38)34-54-57(53)63(51)56-47-25-17-16-24-43(47)32-50-55(41-20-12-8-13-21-41)58(65(54)60(50)56)42-22-14-9-15-23-42/h7-37H,1-6H3. The Morgan fingerprint density at radius 2 is 0.923 bits per heavy atom. The number of nitrogens with zero attached hydrogens (tertiary/aromatic N) is 2. The van der Waals surface area contributed by atoms with Gasteiger partial charge in [-0.25, -0.2) is 0 Å². The molecule has 3 heteroatoms. The van der Waals surface area contributed by atoms with E-state index >= 15 is 0 Å². The fraction of sp³-hybridized carbons (Fsp3) is 0.129. The first-order chi connectivity index (χ1) is 31.5. The van der Waals surface area contributed by atoms with Gasteiger partial charge in [0.2, 0.25) is 0 Å². The van der Waals surface area contributed by atoms with Crippen molar-refractivity contribution in [2.45, 2.75) is 52.4 Å². The highest BCUT2D eigenvalue weighted by molar-refractivity contribution is 7.01. The maximum Gasteiger partial charge on any atom is 0.253 e. The van der Waals surface area contributed by atoms with E-state index in [0.29, 0.717) is 0 Å². The van der Waals surface area contributed by atoms with Gasteiger partial charge in [-0.15, -0.1) is 0 Å². The van der Waals surface area contributed by atoms with Gasteiger partial charge in [-0.1, -0.05) is 193 Å². The molecule has 9 aromatic carbocycles. The molecule has 0 atom stereocenters. The normalized spacial score (nSPS) is 13.0. The summed E-state index contributed by atoms with van der Waals surface area (Å²) in [6.45, 7) is 14.1. The highest BCUT2D eigenvalue weighted by atomic mass is 15.0. The van der Waals surface area contributed by atoms with Crippen molar-refractivity contribution < 1.29 is 0 Å². The molecule has 2 aliphatic rings. The molecule has 0 aliphatic carbocycles. The maximum absolute atomic E-state index is 2.67. The maximum atomic E-state index is 2.67. The van der Waals surface area contributed by atoms with E-state index in [-0.39, 0.29) is 17.5 Å². The third kappa shape index (κ3) is 5.55. The Morgan fingerprint density at radius 1 is 0.369 bits per heavy atom. The molecule has 0 spiro atoms. The van der Waals surface area contributed by atoms with Crippen LogP contribution in [-0.4, -0.2) is 15.8 Å². The smallest absolute Gasteiger partial charge is 0.253 e. The Hall–Kier alpha value is -7.36. The van der Waals surface area contributed by atoms with E-state index in [9.17, 15) is 0 Å². The zero-order valence-electron chi connectivity index (χ0n) is 37.9. The molecule has 65 heavy (non-hydrogen) atoms. The van der Waals surface area contributed by atoms with Crippen molar-refractivity contribution in [2.24, 2.45) is 0 Å². The minimum atomic E-state index is -0.0659. The van der Waals surface area contributed by atoms with E-state index in [4.69, 9.17) is 0 Å². The molecule has 0 amide bonds. The number of hydrogen-bond acceptors (Lipinski definition) is 0. The SMILES string of the molecule is CC(C)(C)c1ccc2c(c1)c1cc(C(C)(C)C)cc3c1n2-c1cc(-c2ccc(-c4ccccc4)cc2)cc2c1B3c1c3ccccc3cc3c(-c4ccccc4)c(-c4ccccc4)n-2c13. The zero-order chi connectivity index (χ0) is 43.9. The predicted octanol–water partition coefficient (Wildman–Crippen LogP) is 14.3. The largest absolute Gasteiger partial charge is 0.310 e. The van der Waals surface area contributed by atoms with Gasteiger partial charge in [-0.2, -0.15) is 0 Å². The Morgan fingerprint density at radius 3 is 1.58 bits per heavy atom. The third-order valence-electron chi connectivity index (χ3n) is 14.6. The van der Waals surface area contributed by atoms with Gasteiger partial charge in [0.05, 0.1) is 16.7 Å². The molecule has 2 aromatic heterocycles. The Balaban J connectivity index is 1.25. The summed E-state index contributed by atoms with van der Waals surface area (Å²) in [4.78, 5) is 0. The molecule has 0 saturated carbocycles. The Labute approximate surface area is 381 Å². The van der Waals surface area contributed by atoms with Crippen LogP contribution in [0.5, 0.6) is 0 Å². The van der Waals surface area contributed by atoms with Crippen molar-refractivity contribution in [3.8, 4) is 56.0 Å². The van der Waals surface area contributed by atoms with Crippen LogP contribution in [0.2, 0.25) is 0 Å². The van der Waals surface area contributed by atoms with E-state index in [0.717, 1.165) is 0 Å². The van der Waals surface area contributed by atoms with Crippen molar-refractivity contribution in [3.63, 3.8) is 0 Å². The lowest BCUT2D eigenvalue weighted by Gasteiger charge is -2.36. The third-order valence-corrected chi connectivity index (χ3v) is 14.6. The molecule has 4 heterocycles. The second-order valence-corrected chi connectivity index (χ2v) is 20.5. The molecule has 2 nitrogen and oxygen atoms in total. The van der Waals surface area contributed by atoms with Crippen LogP contribution >= 0.6 is 0 Å². The van der Waals surface area contributed by atoms with Gasteiger partial charge < -0.3 is 9.13 Å². The van der Waals surface area contributed by atoms with Crippen molar-refractivity contribution in [1.82, 2.24) is 9.13 Å². The lowest BCUT2D eigenvalue weighted by molar-refractivity contribution is 0.590. The highest BCUT2D eigenvalue weighted by Crippen LogP contribution is 2.48. The van der Waals surface area contributed by atoms with Gasteiger partial charge in [0.15, 0.2) is 0 Å². The van der Waals surface area contributed by atoms with E-state index in [2.05, 4.69) is 239 Å². The van der Waals surface area contributed by atoms with Gasteiger partial charge in [-0.05, 0) is 119 Å². The lowest BCUT2D eigenvalue weighted by atomic mass is 9.33. The highest BCUT2D eigenvalue weighted by Gasteiger charge is 2.44. The molecule has 0 saturated heterocycles. The average Bonchev–Trinajstić information content (AvgIpc) is 3.85. The van der Waals surface area contributed by atoms with Gasteiger partial charge in [0, 0.05) is 38.6 Å². The summed E-state index contributed by atoms with van der Waals surface area (Å²) in [6, 6.07) is 71.2. The molecule has 11 aromatic rings. The molecule has 0 bridgehead atoms. The first-order valence-corrected chi connectivity index (χ1v) is 23.2. The minimum Gasteiger partial charge on any atom is -0.310 e. The zero-order valence-corrected chi connectivity index (χ0v) is 37.9. The molecule has 0 radical (unpaired) electrons. The number of aromatic nitrogens is 2. The van der Waals surface area contributed by atoms with Crippen LogP contribution in [-0.2, 0) is 10.8 Å². The van der Waals surface area contributed by atoms with Crippen LogP contribution in [0.15, 0.2) is 188 Å². The average molecular weight is 833 g/mol. The topological polar surface area (TPSA) is 9.86 Å². The number of benzene rings is 9. The van der Waals surface area contributed by atoms with Crippen molar-refractivity contribution in [2.75, 3.05) is 0 Å². The molecule has 2 aliphatic heterocycles. The van der Waals surface area contributed by atoms with Crippen LogP contribution in [0.1, 0.15) is 52.7 Å². The molecule has 0 N–H and O–H groups in total.